The molecule has 0 spiro atoms. The van der Waals surface area contributed by atoms with Crippen LogP contribution in [0.15, 0.2) is 102 Å². The highest BCUT2D eigenvalue weighted by Crippen LogP contribution is 2.16. The van der Waals surface area contributed by atoms with Crippen molar-refractivity contribution in [1.29, 1.82) is 0 Å². The highest BCUT2D eigenvalue weighted by molar-refractivity contribution is 6.13. The molecule has 2 nitrogen and oxygen atoms in total. The lowest BCUT2D eigenvalue weighted by Gasteiger charge is -2.10. The minimum absolute atomic E-state index is 0.459. The van der Waals surface area contributed by atoms with Gasteiger partial charge in [0.1, 0.15) is 11.9 Å². The molecule has 3 aromatic rings. The molecule has 36 heavy (non-hydrogen) atoms. The van der Waals surface area contributed by atoms with Crippen molar-refractivity contribution in [1.82, 2.24) is 0 Å². The molecule has 0 fully saturated rings. The van der Waals surface area contributed by atoms with Gasteiger partial charge in [0.15, 0.2) is 0 Å². The van der Waals surface area contributed by atoms with Gasteiger partial charge in [0, 0.05) is 17.5 Å². The van der Waals surface area contributed by atoms with Crippen LogP contribution < -0.4 is 0 Å². The number of allylic oxidation sites excluding steroid dienone is 1. The summed E-state index contributed by atoms with van der Waals surface area (Å²) in [5, 5.41) is 9.01. The zero-order valence-electron chi connectivity index (χ0n) is 21.6. The highest BCUT2D eigenvalue weighted by atomic mass is 19.1. The molecular weight excluding hydrogens is 443 g/mol. The number of alkyl halides is 1. The first-order chi connectivity index (χ1) is 17.7. The molecule has 188 valence electrons. The third-order valence-electron chi connectivity index (χ3n) is 6.32. The van der Waals surface area contributed by atoms with Gasteiger partial charge in [-0.1, -0.05) is 111 Å². The van der Waals surface area contributed by atoms with Crippen molar-refractivity contribution in [2.75, 3.05) is 0 Å². The number of hydrogen-bond acceptors (Lipinski definition) is 2. The third-order valence-corrected chi connectivity index (χ3v) is 6.32. The van der Waals surface area contributed by atoms with E-state index in [9.17, 15) is 4.39 Å². The maximum Gasteiger partial charge on any atom is 0.104 e. The van der Waals surface area contributed by atoms with Gasteiger partial charge in [0.2, 0.25) is 0 Å². The molecule has 0 bridgehead atoms. The normalized spacial score (nSPS) is 12.7. The molecule has 0 heterocycles. The van der Waals surface area contributed by atoms with Crippen LogP contribution in [0.4, 0.5) is 4.39 Å². The molecule has 0 aromatic heterocycles. The molecule has 0 N–H and O–H groups in total. The molecule has 0 saturated heterocycles. The number of benzene rings is 3. The van der Waals surface area contributed by atoms with Gasteiger partial charge in [-0.25, -0.2) is 4.39 Å². The van der Waals surface area contributed by atoms with E-state index in [2.05, 4.69) is 48.0 Å². The van der Waals surface area contributed by atoms with Gasteiger partial charge in [-0.15, -0.1) is 11.7 Å². The Morgan fingerprint density at radius 1 is 0.833 bits per heavy atom. The van der Waals surface area contributed by atoms with E-state index in [1.807, 2.05) is 60.7 Å². The van der Waals surface area contributed by atoms with Gasteiger partial charge in [-0.3, -0.25) is 0 Å². The highest BCUT2D eigenvalue weighted by Gasteiger charge is 2.10. The lowest BCUT2D eigenvalue weighted by Crippen LogP contribution is -2.06. The Kier molecular flexibility index (Phi) is 11.8. The second kappa shape index (κ2) is 15.6. The summed E-state index contributed by atoms with van der Waals surface area (Å²) in [5.74, 6) is 0. The standard InChI is InChI=1S/C33H39FN2/c1-3-5-7-8-10-13-27-17-19-29(20-18-27)26-35-36-33(30-14-11-9-12-15-30)31-23-21-28(22-24-31)25-32(34)16-6-4-2/h3,9,11-12,14-15,17-24,26,32H,1,4-8,10,13,16,25H2,2H3. The zero-order valence-corrected chi connectivity index (χ0v) is 21.6. The van der Waals surface area contributed by atoms with Crippen molar-refractivity contribution >= 4 is 11.9 Å². The van der Waals surface area contributed by atoms with Gasteiger partial charge in [-0.2, -0.15) is 5.10 Å². The number of hydrogen-bond donors (Lipinski definition) is 0. The summed E-state index contributed by atoms with van der Waals surface area (Å²) < 4.78 is 14.2. The van der Waals surface area contributed by atoms with E-state index in [-0.39, 0.29) is 0 Å². The van der Waals surface area contributed by atoms with Gasteiger partial charge in [-0.05, 0) is 48.8 Å². The topological polar surface area (TPSA) is 24.7 Å². The van der Waals surface area contributed by atoms with E-state index in [0.29, 0.717) is 12.8 Å². The number of rotatable bonds is 15. The van der Waals surface area contributed by atoms with Crippen molar-refractivity contribution in [3.63, 3.8) is 0 Å². The minimum atomic E-state index is -0.786. The third kappa shape index (κ3) is 9.37. The van der Waals surface area contributed by atoms with Crippen LogP contribution in [0.5, 0.6) is 0 Å². The molecule has 0 aliphatic rings. The van der Waals surface area contributed by atoms with E-state index in [0.717, 1.165) is 53.6 Å². The zero-order chi connectivity index (χ0) is 25.4. The lowest BCUT2D eigenvalue weighted by molar-refractivity contribution is 0.305. The molecular formula is C33H39FN2. The SMILES string of the molecule is C=CCCCCCc1ccc(C=NN=C(c2ccccc2)c2ccc(CC(F)CCCC)cc2)cc1. The second-order valence-corrected chi connectivity index (χ2v) is 9.33. The van der Waals surface area contributed by atoms with Crippen LogP contribution in [0.2, 0.25) is 0 Å². The van der Waals surface area contributed by atoms with Crippen molar-refractivity contribution in [3.05, 3.63) is 119 Å². The lowest BCUT2D eigenvalue weighted by atomic mass is 9.99. The van der Waals surface area contributed by atoms with Crippen molar-refractivity contribution in [2.45, 2.75) is 70.9 Å². The van der Waals surface area contributed by atoms with Crippen LogP contribution in [-0.2, 0) is 12.8 Å². The van der Waals surface area contributed by atoms with E-state index in [1.165, 1.54) is 24.8 Å². The molecule has 0 aliphatic carbocycles. The summed E-state index contributed by atoms with van der Waals surface area (Å²) in [6, 6.07) is 26.7. The molecule has 1 atom stereocenters. The average molecular weight is 483 g/mol. The molecule has 0 radical (unpaired) electrons. The smallest absolute Gasteiger partial charge is 0.104 e. The van der Waals surface area contributed by atoms with E-state index >= 15 is 0 Å². The summed E-state index contributed by atoms with van der Waals surface area (Å²) >= 11 is 0. The molecule has 3 rings (SSSR count). The summed E-state index contributed by atoms with van der Waals surface area (Å²) in [7, 11) is 0. The largest absolute Gasteiger partial charge is 0.247 e. The Morgan fingerprint density at radius 2 is 1.53 bits per heavy atom. The molecule has 0 aliphatic heterocycles. The van der Waals surface area contributed by atoms with Crippen LogP contribution in [0.25, 0.3) is 0 Å². The maximum absolute atomic E-state index is 14.2. The first-order valence-corrected chi connectivity index (χ1v) is 13.3. The van der Waals surface area contributed by atoms with E-state index in [1.54, 1.807) is 6.21 Å². The first-order valence-electron chi connectivity index (χ1n) is 13.3. The van der Waals surface area contributed by atoms with Crippen LogP contribution in [0, 0.1) is 0 Å². The summed E-state index contributed by atoms with van der Waals surface area (Å²) in [6.07, 6.45) is 11.9. The van der Waals surface area contributed by atoms with Crippen LogP contribution in [0.3, 0.4) is 0 Å². The summed E-state index contributed by atoms with van der Waals surface area (Å²) in [4.78, 5) is 0. The first kappa shape index (κ1) is 27.3. The summed E-state index contributed by atoms with van der Waals surface area (Å²) in [5.41, 5.74) is 6.16. The maximum atomic E-state index is 14.2. The number of unbranched alkanes of at least 4 members (excludes halogenated alkanes) is 4. The van der Waals surface area contributed by atoms with Crippen molar-refractivity contribution in [3.8, 4) is 0 Å². The minimum Gasteiger partial charge on any atom is -0.247 e. The number of aryl methyl sites for hydroxylation is 1. The molecule has 1 unspecified atom stereocenters. The van der Waals surface area contributed by atoms with E-state index < -0.39 is 6.17 Å². The van der Waals surface area contributed by atoms with Gasteiger partial charge < -0.3 is 0 Å². The predicted molar refractivity (Wildman–Crippen MR) is 153 cm³/mol. The molecule has 0 amide bonds. The Hall–Kier alpha value is -3.33. The van der Waals surface area contributed by atoms with E-state index in [4.69, 9.17) is 0 Å². The fourth-order valence-electron chi connectivity index (χ4n) is 4.18. The van der Waals surface area contributed by atoms with Gasteiger partial charge in [0.05, 0.1) is 6.21 Å². The quantitative estimate of drug-likeness (QED) is 0.0894. The van der Waals surface area contributed by atoms with Crippen LogP contribution in [0.1, 0.15) is 79.7 Å². The van der Waals surface area contributed by atoms with Gasteiger partial charge >= 0.3 is 0 Å². The second-order valence-electron chi connectivity index (χ2n) is 9.33. The van der Waals surface area contributed by atoms with Gasteiger partial charge in [0.25, 0.3) is 0 Å². The number of halogens is 1. The Labute approximate surface area is 216 Å². The van der Waals surface area contributed by atoms with Crippen molar-refractivity contribution < 1.29 is 4.39 Å². The Morgan fingerprint density at radius 3 is 2.22 bits per heavy atom. The fourth-order valence-corrected chi connectivity index (χ4v) is 4.18. The Bertz CT molecular complexity index is 1080. The predicted octanol–water partition coefficient (Wildman–Crippen LogP) is 8.92. The summed E-state index contributed by atoms with van der Waals surface area (Å²) in [6.45, 7) is 5.88. The average Bonchev–Trinajstić information content (AvgIpc) is 2.92. The fraction of sp³-hybridized carbons (Fsp3) is 0.333. The van der Waals surface area contributed by atoms with Crippen molar-refractivity contribution in [2.24, 2.45) is 10.2 Å². The Balaban J connectivity index is 1.68. The molecule has 0 saturated carbocycles. The molecule has 3 aromatic carbocycles. The van der Waals surface area contributed by atoms with Crippen LogP contribution >= 0.6 is 0 Å². The molecule has 3 heteroatoms. The number of nitrogens with zero attached hydrogens (tertiary/aromatic N) is 2. The van der Waals surface area contributed by atoms with Crippen LogP contribution in [-0.4, -0.2) is 18.1 Å². The monoisotopic (exact) mass is 482 g/mol.